The molecule has 0 bridgehead atoms. The Kier molecular flexibility index (Phi) is 1.97. The Labute approximate surface area is 73.6 Å². The van der Waals surface area contributed by atoms with Crippen molar-refractivity contribution in [2.75, 3.05) is 0 Å². The van der Waals surface area contributed by atoms with Crippen LogP contribution in [0.4, 0.5) is 0 Å². The number of aromatic amines is 1. The summed E-state index contributed by atoms with van der Waals surface area (Å²) in [5.41, 5.74) is 2.65. The lowest BCUT2D eigenvalue weighted by Crippen LogP contribution is -1.72. The predicted octanol–water partition coefficient (Wildman–Crippen LogP) is 3.57. The summed E-state index contributed by atoms with van der Waals surface area (Å²) in [4.78, 5) is 0. The van der Waals surface area contributed by atoms with Crippen LogP contribution in [-0.4, -0.2) is 4.75 Å². The first-order valence-electron chi connectivity index (χ1n) is 3.94. The first kappa shape index (κ1) is 7.57. The lowest BCUT2D eigenvalue weighted by atomic mass is 10.1. The normalized spacial score (nSPS) is 10.8. The Morgan fingerprint density at radius 1 is 1.17 bits per heavy atom. The molecule has 2 aromatic rings. The summed E-state index contributed by atoms with van der Waals surface area (Å²) in [7, 11) is 1.20. The molecule has 1 aromatic carbocycles. The van der Waals surface area contributed by atoms with Crippen molar-refractivity contribution in [1.82, 2.24) is 4.75 Å². The summed E-state index contributed by atoms with van der Waals surface area (Å²) in [6.45, 7) is 2.13. The molecule has 1 heterocycles. The number of rotatable bonds is 1. The highest BCUT2D eigenvalue weighted by atomic mass is 31.0. The topological polar surface area (TPSA) is 15.8 Å². The van der Waals surface area contributed by atoms with Gasteiger partial charge in [-0.05, 0) is 18.1 Å². The van der Waals surface area contributed by atoms with Gasteiger partial charge >= 0.3 is 0 Å². The molecule has 1 N–H and O–H groups in total. The highest BCUT2D eigenvalue weighted by molar-refractivity contribution is 7.29. The number of benzene rings is 1. The molecule has 0 amide bonds. The van der Waals surface area contributed by atoms with Gasteiger partial charge in [0.25, 0.3) is 0 Å². The summed E-state index contributed by atoms with van der Waals surface area (Å²) in [5.74, 6) is 0. The zero-order chi connectivity index (χ0) is 8.39. The highest BCUT2D eigenvalue weighted by Gasteiger charge is 2.00. The minimum absolute atomic E-state index is 1.20. The fourth-order valence-corrected chi connectivity index (χ4v) is 2.14. The van der Waals surface area contributed by atoms with E-state index in [2.05, 4.69) is 42.1 Å². The van der Waals surface area contributed by atoms with Crippen LogP contribution in [0.5, 0.6) is 0 Å². The van der Waals surface area contributed by atoms with Gasteiger partial charge in [-0.2, -0.15) is 0 Å². The second-order valence-corrected chi connectivity index (χ2v) is 3.71. The van der Waals surface area contributed by atoms with E-state index in [0.717, 1.165) is 0 Å². The van der Waals surface area contributed by atoms with Gasteiger partial charge in [-0.3, -0.25) is 0 Å². The van der Waals surface area contributed by atoms with Crippen molar-refractivity contribution >= 4 is 8.35 Å². The van der Waals surface area contributed by atoms with Gasteiger partial charge < -0.3 is 4.75 Å². The van der Waals surface area contributed by atoms with Gasteiger partial charge in [-0.15, -0.1) is 0 Å². The molecular weight excluding hydrogens is 165 g/mol. The maximum absolute atomic E-state index is 3.19. The highest BCUT2D eigenvalue weighted by Crippen LogP contribution is 2.29. The first-order valence-corrected chi connectivity index (χ1v) is 4.83. The Balaban J connectivity index is 2.51. The van der Waals surface area contributed by atoms with Crippen LogP contribution in [0, 0.1) is 6.92 Å². The summed E-state index contributed by atoms with van der Waals surface area (Å²) < 4.78 is 3.19. The van der Waals surface area contributed by atoms with Gasteiger partial charge in [-0.25, -0.2) is 0 Å². The molecule has 0 atom stereocenters. The molecule has 12 heavy (non-hydrogen) atoms. The fraction of sp³-hybridized carbons (Fsp3) is 0.100. The number of aromatic nitrogens is 1. The van der Waals surface area contributed by atoms with Gasteiger partial charge in [0.1, 0.15) is 0 Å². The Morgan fingerprint density at radius 3 is 2.50 bits per heavy atom. The Bertz CT molecular complexity index is 364. The third-order valence-corrected chi connectivity index (χ3v) is 2.97. The largest absolute Gasteiger partial charge is 0.344 e. The van der Waals surface area contributed by atoms with Crippen molar-refractivity contribution in [1.29, 1.82) is 0 Å². The summed E-state index contributed by atoms with van der Waals surface area (Å²) in [6.07, 6.45) is 2.06. The van der Waals surface area contributed by atoms with Gasteiger partial charge in [-0.1, -0.05) is 30.3 Å². The van der Waals surface area contributed by atoms with Gasteiger partial charge in [0, 0.05) is 19.8 Å². The molecule has 60 valence electrons. The van der Waals surface area contributed by atoms with Crippen LogP contribution in [0.2, 0.25) is 0 Å². The van der Waals surface area contributed by atoms with E-state index in [4.69, 9.17) is 0 Å². The van der Waals surface area contributed by atoms with Gasteiger partial charge in [0.15, 0.2) is 0 Å². The van der Waals surface area contributed by atoms with Gasteiger partial charge in [0.05, 0.1) is 0 Å². The SMILES string of the molecule is Cc1c[nH]pc1-c1ccccc1. The quantitative estimate of drug-likeness (QED) is 0.681. The lowest BCUT2D eigenvalue weighted by Gasteiger charge is -1.96. The van der Waals surface area contributed by atoms with E-state index in [1.54, 1.807) is 0 Å². The molecule has 2 heteroatoms. The third-order valence-electron chi connectivity index (χ3n) is 1.88. The molecule has 0 aliphatic rings. The summed E-state index contributed by atoms with van der Waals surface area (Å²) in [5, 5.41) is 1.38. The van der Waals surface area contributed by atoms with Crippen LogP contribution in [0.25, 0.3) is 10.9 Å². The molecule has 0 aliphatic heterocycles. The Morgan fingerprint density at radius 2 is 1.92 bits per heavy atom. The third kappa shape index (κ3) is 1.28. The molecule has 0 saturated heterocycles. The number of H-pyrrole nitrogens is 1. The van der Waals surface area contributed by atoms with Crippen molar-refractivity contribution in [3.63, 3.8) is 0 Å². The van der Waals surface area contributed by atoms with Crippen molar-refractivity contribution < 1.29 is 0 Å². The van der Waals surface area contributed by atoms with Crippen LogP contribution in [-0.2, 0) is 0 Å². The average Bonchev–Trinajstić information content (AvgIpc) is 2.53. The van der Waals surface area contributed by atoms with E-state index in [1.165, 1.54) is 24.8 Å². The smallest absolute Gasteiger partial charge is 0.0302 e. The zero-order valence-electron chi connectivity index (χ0n) is 6.91. The second-order valence-electron chi connectivity index (χ2n) is 2.78. The van der Waals surface area contributed by atoms with Crippen LogP contribution in [0.3, 0.4) is 0 Å². The van der Waals surface area contributed by atoms with E-state index in [9.17, 15) is 0 Å². The maximum Gasteiger partial charge on any atom is 0.0302 e. The van der Waals surface area contributed by atoms with Crippen LogP contribution < -0.4 is 0 Å². The molecule has 0 fully saturated rings. The van der Waals surface area contributed by atoms with Crippen molar-refractivity contribution in [2.24, 2.45) is 0 Å². The van der Waals surface area contributed by atoms with Gasteiger partial charge in [0.2, 0.25) is 0 Å². The van der Waals surface area contributed by atoms with Crippen molar-refractivity contribution in [3.05, 3.63) is 42.1 Å². The molecule has 0 aliphatic carbocycles. The molecule has 0 saturated carbocycles. The Hall–Kier alpha value is -1.07. The van der Waals surface area contributed by atoms with E-state index < -0.39 is 0 Å². The minimum atomic E-state index is 1.20. The fourth-order valence-electron chi connectivity index (χ4n) is 1.24. The maximum atomic E-state index is 3.19. The van der Waals surface area contributed by atoms with E-state index in [0.29, 0.717) is 0 Å². The second kappa shape index (κ2) is 3.12. The molecule has 0 unspecified atom stereocenters. The van der Waals surface area contributed by atoms with Crippen LogP contribution in [0.15, 0.2) is 36.5 Å². The standard InChI is InChI=1S/C10H10NP/c1-8-7-11-12-10(8)9-5-3-2-4-6-9/h2-7,11H,1H3. The molecule has 2 rings (SSSR count). The number of hydrogen-bond acceptors (Lipinski definition) is 0. The minimum Gasteiger partial charge on any atom is -0.344 e. The van der Waals surface area contributed by atoms with Crippen molar-refractivity contribution in [2.45, 2.75) is 6.92 Å². The summed E-state index contributed by atoms with van der Waals surface area (Å²) >= 11 is 0. The average molecular weight is 175 g/mol. The van der Waals surface area contributed by atoms with E-state index in [1.807, 2.05) is 6.07 Å². The molecule has 1 nitrogen and oxygen atoms in total. The van der Waals surface area contributed by atoms with Crippen LogP contribution in [0.1, 0.15) is 5.56 Å². The van der Waals surface area contributed by atoms with Crippen molar-refractivity contribution in [3.8, 4) is 10.9 Å². The lowest BCUT2D eigenvalue weighted by molar-refractivity contribution is 1.45. The number of aryl methyl sites for hydroxylation is 1. The molecule has 0 spiro atoms. The zero-order valence-corrected chi connectivity index (χ0v) is 7.81. The first-order chi connectivity index (χ1) is 5.88. The monoisotopic (exact) mass is 175 g/mol. The van der Waals surface area contributed by atoms with Crippen LogP contribution >= 0.6 is 8.35 Å². The molecule has 0 radical (unpaired) electrons. The molecule has 1 aromatic heterocycles. The number of nitrogens with one attached hydrogen (secondary N) is 1. The predicted molar refractivity (Wildman–Crippen MR) is 53.5 cm³/mol. The summed E-state index contributed by atoms with van der Waals surface area (Å²) in [6, 6.07) is 10.5. The molecular formula is C10H10NP. The van der Waals surface area contributed by atoms with E-state index in [-0.39, 0.29) is 0 Å². The number of hydrogen-bond donors (Lipinski definition) is 1. The van der Waals surface area contributed by atoms with E-state index >= 15 is 0 Å².